The van der Waals surface area contributed by atoms with Gasteiger partial charge in [0.2, 0.25) is 0 Å². The van der Waals surface area contributed by atoms with Gasteiger partial charge in [-0.25, -0.2) is 4.98 Å². The lowest BCUT2D eigenvalue weighted by Crippen LogP contribution is -2.23. The van der Waals surface area contributed by atoms with Gasteiger partial charge in [0.05, 0.1) is 6.04 Å². The highest BCUT2D eigenvalue weighted by Gasteiger charge is 2.27. The lowest BCUT2D eigenvalue weighted by Gasteiger charge is -2.26. The number of hydrogen-bond donors (Lipinski definition) is 1. The van der Waals surface area contributed by atoms with Gasteiger partial charge < -0.3 is 10.6 Å². The highest BCUT2D eigenvalue weighted by molar-refractivity contribution is 5.45. The molecule has 0 bridgehead atoms. The van der Waals surface area contributed by atoms with Crippen LogP contribution >= 0.6 is 0 Å². The molecule has 19 heavy (non-hydrogen) atoms. The van der Waals surface area contributed by atoms with E-state index in [1.54, 1.807) is 0 Å². The number of aromatic nitrogens is 2. The number of nitrogens with two attached hydrogens (primary N) is 1. The molecule has 3 heterocycles. The second-order valence-corrected chi connectivity index (χ2v) is 4.86. The summed E-state index contributed by atoms with van der Waals surface area (Å²) in [4.78, 5) is 11.1. The lowest BCUT2D eigenvalue weighted by atomic mass is 10.1. The van der Waals surface area contributed by atoms with E-state index in [-0.39, 0.29) is 0 Å². The van der Waals surface area contributed by atoms with Crippen LogP contribution in [0.1, 0.15) is 30.0 Å². The molecule has 1 unspecified atom stereocenters. The summed E-state index contributed by atoms with van der Waals surface area (Å²) in [6, 6.07) is 8.58. The second-order valence-electron chi connectivity index (χ2n) is 4.86. The molecule has 1 aliphatic rings. The number of anilines is 1. The van der Waals surface area contributed by atoms with Crippen LogP contribution in [0.3, 0.4) is 0 Å². The molecule has 0 saturated carbocycles. The van der Waals surface area contributed by atoms with Crippen LogP contribution in [0.25, 0.3) is 0 Å². The van der Waals surface area contributed by atoms with E-state index in [2.05, 4.69) is 27.0 Å². The van der Waals surface area contributed by atoms with Crippen molar-refractivity contribution in [2.45, 2.75) is 25.4 Å². The van der Waals surface area contributed by atoms with Crippen molar-refractivity contribution in [3.63, 3.8) is 0 Å². The van der Waals surface area contributed by atoms with E-state index < -0.39 is 0 Å². The molecule has 4 nitrogen and oxygen atoms in total. The van der Waals surface area contributed by atoms with E-state index in [0.717, 1.165) is 24.3 Å². The van der Waals surface area contributed by atoms with Gasteiger partial charge in [0.1, 0.15) is 5.82 Å². The number of rotatable bonds is 3. The molecule has 2 aromatic heterocycles. The van der Waals surface area contributed by atoms with E-state index in [9.17, 15) is 0 Å². The minimum Gasteiger partial charge on any atom is -0.350 e. The first kappa shape index (κ1) is 12.1. The zero-order chi connectivity index (χ0) is 13.1. The maximum absolute atomic E-state index is 5.71. The molecule has 1 aliphatic heterocycles. The Morgan fingerprint density at radius 3 is 3.05 bits per heavy atom. The summed E-state index contributed by atoms with van der Waals surface area (Å²) in [6.45, 7) is 1.60. The summed E-state index contributed by atoms with van der Waals surface area (Å²) in [6.07, 6.45) is 7.95. The van der Waals surface area contributed by atoms with Crippen molar-refractivity contribution in [2.75, 3.05) is 11.4 Å². The summed E-state index contributed by atoms with van der Waals surface area (Å²) in [5, 5.41) is 0. The Morgan fingerprint density at radius 1 is 1.32 bits per heavy atom. The van der Waals surface area contributed by atoms with Gasteiger partial charge in [-0.05, 0) is 42.2 Å². The fourth-order valence-electron chi connectivity index (χ4n) is 2.71. The fourth-order valence-corrected chi connectivity index (χ4v) is 2.71. The van der Waals surface area contributed by atoms with Crippen molar-refractivity contribution < 1.29 is 0 Å². The SMILES string of the molecule is NCc1ccnc(N2CCCC2c2cccnc2)c1. The average molecular weight is 254 g/mol. The standard InChI is InChI=1S/C15H18N4/c16-10-12-5-7-18-15(9-12)19-8-2-4-14(19)13-3-1-6-17-11-13/h1,3,5-7,9,11,14H,2,4,8,10,16H2. The zero-order valence-corrected chi connectivity index (χ0v) is 10.9. The molecule has 0 aromatic carbocycles. The Morgan fingerprint density at radius 2 is 2.26 bits per heavy atom. The minimum absolute atomic E-state index is 0.384. The molecule has 0 aliphatic carbocycles. The van der Waals surface area contributed by atoms with Crippen molar-refractivity contribution >= 4 is 5.82 Å². The van der Waals surface area contributed by atoms with E-state index in [0.29, 0.717) is 12.6 Å². The average Bonchev–Trinajstić information content (AvgIpc) is 2.98. The van der Waals surface area contributed by atoms with E-state index in [4.69, 9.17) is 5.73 Å². The van der Waals surface area contributed by atoms with Crippen LogP contribution in [0.15, 0.2) is 42.9 Å². The van der Waals surface area contributed by atoms with Crippen LogP contribution in [0.5, 0.6) is 0 Å². The summed E-state index contributed by atoms with van der Waals surface area (Å²) in [7, 11) is 0. The predicted octanol–water partition coefficient (Wildman–Crippen LogP) is 2.28. The smallest absolute Gasteiger partial charge is 0.129 e. The third kappa shape index (κ3) is 2.44. The molecule has 2 N–H and O–H groups in total. The van der Waals surface area contributed by atoms with Gasteiger partial charge in [0, 0.05) is 31.7 Å². The Hall–Kier alpha value is -1.94. The normalized spacial score (nSPS) is 18.8. The van der Waals surface area contributed by atoms with E-state index >= 15 is 0 Å². The van der Waals surface area contributed by atoms with Crippen molar-refractivity contribution in [3.05, 3.63) is 54.0 Å². The van der Waals surface area contributed by atoms with Gasteiger partial charge in [-0.2, -0.15) is 0 Å². The van der Waals surface area contributed by atoms with Gasteiger partial charge in [-0.15, -0.1) is 0 Å². The molecule has 0 radical (unpaired) electrons. The van der Waals surface area contributed by atoms with Crippen LogP contribution < -0.4 is 10.6 Å². The fraction of sp³-hybridized carbons (Fsp3) is 0.333. The van der Waals surface area contributed by atoms with Gasteiger partial charge in [0.15, 0.2) is 0 Å². The largest absolute Gasteiger partial charge is 0.350 e. The number of hydrogen-bond acceptors (Lipinski definition) is 4. The maximum atomic E-state index is 5.71. The Kier molecular flexibility index (Phi) is 3.42. The molecule has 0 spiro atoms. The molecule has 1 saturated heterocycles. The van der Waals surface area contributed by atoms with Crippen LogP contribution in [0, 0.1) is 0 Å². The molecular weight excluding hydrogens is 236 g/mol. The number of pyridine rings is 2. The van der Waals surface area contributed by atoms with Crippen molar-refractivity contribution in [1.82, 2.24) is 9.97 Å². The lowest BCUT2D eigenvalue weighted by molar-refractivity contribution is 0.707. The molecule has 1 atom stereocenters. The van der Waals surface area contributed by atoms with E-state index in [1.807, 2.05) is 30.7 Å². The van der Waals surface area contributed by atoms with Crippen molar-refractivity contribution in [3.8, 4) is 0 Å². The Bertz CT molecular complexity index is 541. The molecule has 4 heteroatoms. The topological polar surface area (TPSA) is 55.0 Å². The van der Waals surface area contributed by atoms with Crippen molar-refractivity contribution in [2.24, 2.45) is 5.73 Å². The monoisotopic (exact) mass is 254 g/mol. The first-order valence-corrected chi connectivity index (χ1v) is 6.70. The van der Waals surface area contributed by atoms with Crippen LogP contribution in [0.4, 0.5) is 5.82 Å². The van der Waals surface area contributed by atoms with E-state index in [1.165, 1.54) is 12.0 Å². The molecule has 2 aromatic rings. The highest BCUT2D eigenvalue weighted by Crippen LogP contribution is 2.34. The second kappa shape index (κ2) is 5.36. The van der Waals surface area contributed by atoms with Gasteiger partial charge in [-0.1, -0.05) is 6.07 Å². The van der Waals surface area contributed by atoms with Crippen LogP contribution in [0.2, 0.25) is 0 Å². The summed E-state index contributed by atoms with van der Waals surface area (Å²) < 4.78 is 0. The summed E-state index contributed by atoms with van der Waals surface area (Å²) in [5.74, 6) is 1.02. The summed E-state index contributed by atoms with van der Waals surface area (Å²) in [5.41, 5.74) is 8.10. The van der Waals surface area contributed by atoms with Gasteiger partial charge >= 0.3 is 0 Å². The maximum Gasteiger partial charge on any atom is 0.129 e. The van der Waals surface area contributed by atoms with Crippen LogP contribution in [-0.4, -0.2) is 16.5 Å². The quantitative estimate of drug-likeness (QED) is 0.913. The predicted molar refractivity (Wildman–Crippen MR) is 75.7 cm³/mol. The molecule has 1 fully saturated rings. The number of nitrogens with zero attached hydrogens (tertiary/aromatic N) is 3. The van der Waals surface area contributed by atoms with Crippen LogP contribution in [-0.2, 0) is 6.54 Å². The Balaban J connectivity index is 1.90. The first-order valence-electron chi connectivity index (χ1n) is 6.70. The van der Waals surface area contributed by atoms with Crippen molar-refractivity contribution in [1.29, 1.82) is 0 Å². The first-order chi connectivity index (χ1) is 9.38. The Labute approximate surface area is 113 Å². The third-order valence-electron chi connectivity index (χ3n) is 3.66. The molecule has 3 rings (SSSR count). The minimum atomic E-state index is 0.384. The molecular formula is C15H18N4. The van der Waals surface area contributed by atoms with Gasteiger partial charge in [-0.3, -0.25) is 4.98 Å². The van der Waals surface area contributed by atoms with Gasteiger partial charge in [0.25, 0.3) is 0 Å². The zero-order valence-electron chi connectivity index (χ0n) is 10.9. The third-order valence-corrected chi connectivity index (χ3v) is 3.66. The molecule has 0 amide bonds. The molecule has 98 valence electrons. The summed E-state index contributed by atoms with van der Waals surface area (Å²) >= 11 is 0. The highest BCUT2D eigenvalue weighted by atomic mass is 15.2.